The van der Waals surface area contributed by atoms with Crippen molar-refractivity contribution >= 4 is 54.8 Å². The first-order chi connectivity index (χ1) is 24.5. The second-order valence-corrected chi connectivity index (χ2v) is 13.0. The first-order valence-electron chi connectivity index (χ1n) is 16.7. The molecular weight excluding hydrogens is 810 g/mol. The number of fused-ring (bicyclic) bond motifs is 12. The van der Waals surface area contributed by atoms with E-state index in [2.05, 4.69) is 115 Å². The molecule has 246 valence electrons. The van der Waals surface area contributed by atoms with Crippen LogP contribution >= 0.6 is 0 Å². The van der Waals surface area contributed by atoms with E-state index in [9.17, 15) is 0 Å². The van der Waals surface area contributed by atoms with Crippen molar-refractivity contribution in [2.45, 2.75) is 20.8 Å². The van der Waals surface area contributed by atoms with Crippen molar-refractivity contribution in [1.29, 1.82) is 0 Å². The van der Waals surface area contributed by atoms with Crippen LogP contribution in [0.3, 0.4) is 0 Å². The minimum Gasteiger partial charge on any atom is -0.497 e. The quantitative estimate of drug-likeness (QED) is 0.131. The van der Waals surface area contributed by atoms with Crippen LogP contribution in [0.2, 0.25) is 0 Å². The Balaban J connectivity index is 0.00000348. The molecule has 0 N–H and O–H groups in total. The van der Waals surface area contributed by atoms with Crippen molar-refractivity contribution in [3.05, 3.63) is 151 Å². The topological polar surface area (TPSA) is 56.7 Å². The summed E-state index contributed by atoms with van der Waals surface area (Å²) in [6, 6.07) is 42.5. The third-order valence-electron chi connectivity index (χ3n) is 9.72. The number of ether oxygens (including phenoxy) is 1. The fourth-order valence-corrected chi connectivity index (χ4v) is 7.68. The van der Waals surface area contributed by atoms with E-state index in [0.29, 0.717) is 11.5 Å². The van der Waals surface area contributed by atoms with Gasteiger partial charge in [0.25, 0.3) is 0 Å². The Bertz CT molecular complexity index is 2980. The summed E-state index contributed by atoms with van der Waals surface area (Å²) in [6.45, 7) is 6.45. The molecule has 0 saturated heterocycles. The number of aryl methyl sites for hydroxylation is 3. The molecule has 0 spiro atoms. The van der Waals surface area contributed by atoms with E-state index in [1.807, 2.05) is 48.8 Å². The largest absolute Gasteiger partial charge is 2.00 e. The number of pyridine rings is 3. The number of imidazole rings is 2. The van der Waals surface area contributed by atoms with Gasteiger partial charge in [-0.05, 0) is 54.8 Å². The number of rotatable bonds is 4. The van der Waals surface area contributed by atoms with E-state index in [0.717, 1.165) is 71.7 Å². The summed E-state index contributed by atoms with van der Waals surface area (Å²) in [5, 5.41) is 6.00. The smallest absolute Gasteiger partial charge is 0.497 e. The first-order valence-corrected chi connectivity index (χ1v) is 16.7. The molecule has 0 aliphatic heterocycles. The van der Waals surface area contributed by atoms with Gasteiger partial charge in [-0.2, -0.15) is 0 Å². The zero-order chi connectivity index (χ0) is 33.5. The molecule has 0 bridgehead atoms. The van der Waals surface area contributed by atoms with Crippen molar-refractivity contribution < 1.29 is 25.8 Å². The predicted octanol–water partition coefficient (Wildman–Crippen LogP) is 10.6. The van der Waals surface area contributed by atoms with Crippen LogP contribution in [-0.2, 0) is 21.1 Å². The summed E-state index contributed by atoms with van der Waals surface area (Å²) < 4.78 is 10.9. The van der Waals surface area contributed by atoms with Crippen LogP contribution in [0.25, 0.3) is 77.3 Å². The monoisotopic (exact) mass is 838 g/mol. The minimum absolute atomic E-state index is 0. The summed E-state index contributed by atoms with van der Waals surface area (Å²) in [6.07, 6.45) is 5.90. The molecule has 6 nitrogen and oxygen atoms in total. The summed E-state index contributed by atoms with van der Waals surface area (Å²) in [5.74, 6) is 1.17. The molecule has 0 saturated carbocycles. The third kappa shape index (κ3) is 4.85. The van der Waals surface area contributed by atoms with Crippen LogP contribution < -0.4 is 4.74 Å². The minimum atomic E-state index is 0. The molecule has 0 aliphatic rings. The van der Waals surface area contributed by atoms with Gasteiger partial charge in [-0.25, -0.2) is 4.98 Å². The average molecular weight is 839 g/mol. The predicted molar refractivity (Wildman–Crippen MR) is 201 cm³/mol. The fourth-order valence-electron chi connectivity index (χ4n) is 7.68. The van der Waals surface area contributed by atoms with E-state index >= 15 is 0 Å². The van der Waals surface area contributed by atoms with Crippen molar-refractivity contribution in [2.24, 2.45) is 0 Å². The van der Waals surface area contributed by atoms with Gasteiger partial charge in [0.05, 0.1) is 22.7 Å². The molecule has 0 aliphatic carbocycles. The van der Waals surface area contributed by atoms with Crippen LogP contribution in [0.4, 0.5) is 0 Å². The van der Waals surface area contributed by atoms with Crippen molar-refractivity contribution in [3.63, 3.8) is 0 Å². The summed E-state index contributed by atoms with van der Waals surface area (Å²) in [5.41, 5.74) is 11.4. The van der Waals surface area contributed by atoms with Crippen LogP contribution in [-0.4, -0.2) is 23.8 Å². The Morgan fingerprint density at radius 1 is 0.627 bits per heavy atom. The number of nitrogens with zero attached hydrogens (tertiary/aromatic N) is 5. The van der Waals surface area contributed by atoms with E-state index in [1.165, 1.54) is 22.3 Å². The van der Waals surface area contributed by atoms with Crippen LogP contribution in [0.15, 0.2) is 122 Å². The van der Waals surface area contributed by atoms with E-state index in [4.69, 9.17) is 19.7 Å². The molecule has 5 heterocycles. The van der Waals surface area contributed by atoms with Gasteiger partial charge in [-0.3, -0.25) is 9.97 Å². The van der Waals surface area contributed by atoms with Gasteiger partial charge < -0.3 is 13.5 Å². The molecule has 0 atom stereocenters. The van der Waals surface area contributed by atoms with E-state index < -0.39 is 0 Å². The first kappa shape index (κ1) is 31.2. The van der Waals surface area contributed by atoms with Gasteiger partial charge in [0.2, 0.25) is 0 Å². The van der Waals surface area contributed by atoms with Gasteiger partial charge in [0.15, 0.2) is 0 Å². The zero-order valence-corrected chi connectivity index (χ0v) is 30.3. The molecule has 10 aromatic rings. The van der Waals surface area contributed by atoms with Crippen LogP contribution in [0.1, 0.15) is 16.7 Å². The SMILES string of the molecule is Cc1cc(C)c(-c2cnc3c4[c-]c(Oc5[c-]c6c(cc5)c5ccccc5n5cc(-c7ccccc7)nc65)ccc4c4cccnc4n23)c(C)c1.[Pt+2]. The Kier molecular flexibility index (Phi) is 7.27. The zero-order valence-electron chi connectivity index (χ0n) is 28.0. The molecule has 5 aromatic heterocycles. The number of benzene rings is 5. The normalized spacial score (nSPS) is 11.7. The molecule has 0 radical (unpaired) electrons. The molecule has 5 aromatic carbocycles. The maximum absolute atomic E-state index is 6.55. The molecular formula is C44H29N5OPt. The number of aromatic nitrogens is 5. The Morgan fingerprint density at radius 2 is 1.29 bits per heavy atom. The summed E-state index contributed by atoms with van der Waals surface area (Å²) in [4.78, 5) is 14.9. The fraction of sp³-hybridized carbons (Fsp3) is 0.0682. The van der Waals surface area contributed by atoms with Crippen molar-refractivity contribution in [2.75, 3.05) is 0 Å². The maximum Gasteiger partial charge on any atom is 2.00 e. The second kappa shape index (κ2) is 11.9. The van der Waals surface area contributed by atoms with Gasteiger partial charge >= 0.3 is 21.1 Å². The molecule has 7 heteroatoms. The van der Waals surface area contributed by atoms with Gasteiger partial charge in [0.1, 0.15) is 5.65 Å². The second-order valence-electron chi connectivity index (χ2n) is 13.0. The number of hydrogen-bond donors (Lipinski definition) is 0. The Hall–Kier alpha value is -5.84. The molecule has 10 rings (SSSR count). The summed E-state index contributed by atoms with van der Waals surface area (Å²) in [7, 11) is 0. The standard InChI is InChI=1S/C44H29N5O.Pt/c1-26-20-27(2)41(28(3)21-26)40-24-46-43-36-22-30(16-18-33(36)35-13-9-19-45-42(35)49(40)43)50-31-15-17-32-34-12-7-8-14-39(34)48-25-38(29-10-5-4-6-11-29)47-44(48)37(32)23-31;/h4-21,24-25H,1-3H3;/q-2;+2. The average Bonchev–Trinajstić information content (AvgIpc) is 3.78. The van der Waals surface area contributed by atoms with Crippen molar-refractivity contribution in [1.82, 2.24) is 23.8 Å². The maximum atomic E-state index is 6.55. The Labute approximate surface area is 308 Å². The number of hydrogen-bond acceptors (Lipinski definition) is 4. The van der Waals surface area contributed by atoms with Gasteiger partial charge in [-0.15, -0.1) is 12.1 Å². The van der Waals surface area contributed by atoms with E-state index in [1.54, 1.807) is 0 Å². The molecule has 51 heavy (non-hydrogen) atoms. The molecule has 0 amide bonds. The van der Waals surface area contributed by atoms with Crippen LogP contribution in [0.5, 0.6) is 11.5 Å². The number of para-hydroxylation sites is 1. The van der Waals surface area contributed by atoms with Crippen LogP contribution in [0, 0.1) is 32.9 Å². The van der Waals surface area contributed by atoms with Gasteiger partial charge in [-0.1, -0.05) is 118 Å². The molecule has 0 fully saturated rings. The third-order valence-corrected chi connectivity index (χ3v) is 9.72. The van der Waals surface area contributed by atoms with E-state index in [-0.39, 0.29) is 21.1 Å². The summed E-state index contributed by atoms with van der Waals surface area (Å²) >= 11 is 0. The van der Waals surface area contributed by atoms with Gasteiger partial charge in [0, 0.05) is 46.7 Å². The Morgan fingerprint density at radius 3 is 2.06 bits per heavy atom. The molecule has 0 unspecified atom stereocenters. The van der Waals surface area contributed by atoms with Crippen molar-refractivity contribution in [3.8, 4) is 34.0 Å².